The van der Waals surface area contributed by atoms with E-state index in [9.17, 15) is 4.39 Å². The average Bonchev–Trinajstić information content (AvgIpc) is 2.82. The van der Waals surface area contributed by atoms with Gasteiger partial charge in [-0.1, -0.05) is 0 Å². The van der Waals surface area contributed by atoms with Crippen molar-refractivity contribution in [1.82, 2.24) is 19.9 Å². The molecule has 0 bridgehead atoms. The molecular weight excluding hydrogens is 245 g/mol. The number of fused-ring (bicyclic) bond motifs is 1. The lowest BCUT2D eigenvalue weighted by atomic mass is 9.90. The van der Waals surface area contributed by atoms with Gasteiger partial charge in [0.05, 0.1) is 6.20 Å². The predicted octanol–water partition coefficient (Wildman–Crippen LogP) is 1.45. The van der Waals surface area contributed by atoms with Gasteiger partial charge in [0, 0.05) is 18.6 Å². The van der Waals surface area contributed by atoms with Crippen molar-refractivity contribution in [2.24, 2.45) is 0 Å². The largest absolute Gasteiger partial charge is 0.339 e. The van der Waals surface area contributed by atoms with Gasteiger partial charge in [0.1, 0.15) is 5.82 Å². The van der Waals surface area contributed by atoms with Crippen LogP contribution in [-0.2, 0) is 0 Å². The van der Waals surface area contributed by atoms with E-state index in [4.69, 9.17) is 0 Å². The topological polar surface area (TPSA) is 45.5 Å². The Labute approximate surface area is 111 Å². The van der Waals surface area contributed by atoms with Crippen molar-refractivity contribution in [1.29, 1.82) is 0 Å². The first-order valence-corrected chi connectivity index (χ1v) is 6.55. The second-order valence-corrected chi connectivity index (χ2v) is 5.36. The molecule has 19 heavy (non-hydrogen) atoms. The molecule has 3 rings (SSSR count). The van der Waals surface area contributed by atoms with E-state index in [0.717, 1.165) is 25.9 Å². The van der Waals surface area contributed by atoms with Crippen molar-refractivity contribution < 1.29 is 4.39 Å². The zero-order valence-electron chi connectivity index (χ0n) is 11.2. The Hall–Kier alpha value is -1.69. The Bertz CT molecular complexity index is 586. The van der Waals surface area contributed by atoms with Crippen LogP contribution < -0.4 is 10.2 Å². The molecule has 6 heteroatoms. The van der Waals surface area contributed by atoms with Crippen molar-refractivity contribution in [2.75, 3.05) is 25.0 Å². The van der Waals surface area contributed by atoms with Crippen LogP contribution in [0, 0.1) is 5.82 Å². The third-order valence-electron chi connectivity index (χ3n) is 4.04. The molecule has 0 aliphatic carbocycles. The summed E-state index contributed by atoms with van der Waals surface area (Å²) in [6, 6.07) is 3.05. The maximum absolute atomic E-state index is 13.1. The standard InChI is InChI=1S/C13H18FN5/c1-13(15-2)5-7-18(8-6-13)12-16-11-4-3-10(14)9-19(11)17-12/h3-4,9,15H,5-8H2,1-2H3. The molecule has 1 fully saturated rings. The first kappa shape index (κ1) is 12.3. The quantitative estimate of drug-likeness (QED) is 0.890. The average molecular weight is 263 g/mol. The number of piperidine rings is 1. The molecule has 0 spiro atoms. The fourth-order valence-electron chi connectivity index (χ4n) is 2.43. The van der Waals surface area contributed by atoms with E-state index < -0.39 is 0 Å². The van der Waals surface area contributed by atoms with Gasteiger partial charge in [-0.3, -0.25) is 0 Å². The van der Waals surface area contributed by atoms with Gasteiger partial charge in [0.2, 0.25) is 5.95 Å². The lowest BCUT2D eigenvalue weighted by Crippen LogP contribution is -2.50. The number of nitrogens with zero attached hydrogens (tertiary/aromatic N) is 4. The summed E-state index contributed by atoms with van der Waals surface area (Å²) in [6.07, 6.45) is 3.45. The van der Waals surface area contributed by atoms with E-state index in [-0.39, 0.29) is 11.4 Å². The number of hydrogen-bond acceptors (Lipinski definition) is 4. The minimum absolute atomic E-state index is 0.196. The van der Waals surface area contributed by atoms with Crippen LogP contribution in [0.1, 0.15) is 19.8 Å². The lowest BCUT2D eigenvalue weighted by molar-refractivity contribution is 0.303. The van der Waals surface area contributed by atoms with Gasteiger partial charge in [0.15, 0.2) is 5.65 Å². The van der Waals surface area contributed by atoms with E-state index in [1.165, 1.54) is 16.8 Å². The van der Waals surface area contributed by atoms with Gasteiger partial charge in [-0.15, -0.1) is 5.10 Å². The molecule has 0 aromatic carbocycles. The molecule has 0 radical (unpaired) electrons. The van der Waals surface area contributed by atoms with E-state index in [1.54, 1.807) is 6.07 Å². The fraction of sp³-hybridized carbons (Fsp3) is 0.538. The maximum Gasteiger partial charge on any atom is 0.245 e. The van der Waals surface area contributed by atoms with E-state index in [1.807, 2.05) is 7.05 Å². The molecule has 5 nitrogen and oxygen atoms in total. The summed E-state index contributed by atoms with van der Waals surface area (Å²) in [4.78, 5) is 6.60. The van der Waals surface area contributed by atoms with Crippen LogP contribution >= 0.6 is 0 Å². The van der Waals surface area contributed by atoms with E-state index >= 15 is 0 Å². The molecule has 1 aliphatic heterocycles. The van der Waals surface area contributed by atoms with Crippen molar-refractivity contribution in [3.05, 3.63) is 24.1 Å². The molecule has 0 atom stereocenters. The number of hydrogen-bond donors (Lipinski definition) is 1. The number of rotatable bonds is 2. The third kappa shape index (κ3) is 2.28. The number of aromatic nitrogens is 3. The first-order valence-electron chi connectivity index (χ1n) is 6.55. The Balaban J connectivity index is 1.82. The summed E-state index contributed by atoms with van der Waals surface area (Å²) in [7, 11) is 2.00. The van der Waals surface area contributed by atoms with Crippen LogP contribution in [0.3, 0.4) is 0 Å². The van der Waals surface area contributed by atoms with Gasteiger partial charge in [-0.05, 0) is 38.9 Å². The fourth-order valence-corrected chi connectivity index (χ4v) is 2.43. The Morgan fingerprint density at radius 2 is 2.05 bits per heavy atom. The highest BCUT2D eigenvalue weighted by molar-refractivity contribution is 5.44. The summed E-state index contributed by atoms with van der Waals surface area (Å²) in [6.45, 7) is 4.06. The smallest absolute Gasteiger partial charge is 0.245 e. The lowest BCUT2D eigenvalue weighted by Gasteiger charge is -2.38. The number of nitrogens with one attached hydrogen (secondary N) is 1. The molecular formula is C13H18FN5. The molecule has 2 aromatic heterocycles. The van der Waals surface area contributed by atoms with Gasteiger partial charge in [-0.2, -0.15) is 4.98 Å². The third-order valence-corrected chi connectivity index (χ3v) is 4.04. The summed E-state index contributed by atoms with van der Waals surface area (Å²) in [5, 5.41) is 7.71. The molecule has 102 valence electrons. The van der Waals surface area contributed by atoms with Crippen LogP contribution in [0.4, 0.5) is 10.3 Å². The predicted molar refractivity (Wildman–Crippen MR) is 71.9 cm³/mol. The Kier molecular flexibility index (Phi) is 2.89. The molecule has 1 N–H and O–H groups in total. The van der Waals surface area contributed by atoms with Crippen LogP contribution in [0.25, 0.3) is 5.65 Å². The van der Waals surface area contributed by atoms with E-state index in [2.05, 4.69) is 27.2 Å². The van der Waals surface area contributed by atoms with Crippen LogP contribution in [0.5, 0.6) is 0 Å². The first-order chi connectivity index (χ1) is 9.09. The van der Waals surface area contributed by atoms with Crippen LogP contribution in [0.2, 0.25) is 0 Å². The summed E-state index contributed by atoms with van der Waals surface area (Å²) < 4.78 is 14.6. The summed E-state index contributed by atoms with van der Waals surface area (Å²) >= 11 is 0. The van der Waals surface area contributed by atoms with Crippen molar-refractivity contribution in [3.8, 4) is 0 Å². The second kappa shape index (κ2) is 4.45. The maximum atomic E-state index is 13.1. The highest BCUT2D eigenvalue weighted by Crippen LogP contribution is 2.24. The Morgan fingerprint density at radius 1 is 1.32 bits per heavy atom. The molecule has 1 saturated heterocycles. The highest BCUT2D eigenvalue weighted by Gasteiger charge is 2.29. The Morgan fingerprint density at radius 3 is 2.74 bits per heavy atom. The number of halogens is 1. The molecule has 1 aliphatic rings. The molecule has 3 heterocycles. The summed E-state index contributed by atoms with van der Waals surface area (Å²) in [5.41, 5.74) is 0.875. The molecule has 0 unspecified atom stereocenters. The van der Waals surface area contributed by atoms with Crippen molar-refractivity contribution in [3.63, 3.8) is 0 Å². The minimum Gasteiger partial charge on any atom is -0.339 e. The zero-order valence-corrected chi connectivity index (χ0v) is 11.2. The number of pyridine rings is 1. The van der Waals surface area contributed by atoms with Gasteiger partial charge < -0.3 is 10.2 Å². The van der Waals surface area contributed by atoms with Crippen LogP contribution in [-0.4, -0.2) is 40.3 Å². The monoisotopic (exact) mass is 263 g/mol. The second-order valence-electron chi connectivity index (χ2n) is 5.36. The highest BCUT2D eigenvalue weighted by atomic mass is 19.1. The van der Waals surface area contributed by atoms with Gasteiger partial charge in [-0.25, -0.2) is 8.91 Å². The normalized spacial score (nSPS) is 19.0. The van der Waals surface area contributed by atoms with Crippen LogP contribution in [0.15, 0.2) is 18.3 Å². The van der Waals surface area contributed by atoms with Gasteiger partial charge in [0.25, 0.3) is 0 Å². The van der Waals surface area contributed by atoms with Gasteiger partial charge >= 0.3 is 0 Å². The van der Waals surface area contributed by atoms with Crippen molar-refractivity contribution in [2.45, 2.75) is 25.3 Å². The summed E-state index contributed by atoms with van der Waals surface area (Å²) in [5.74, 6) is 0.383. The zero-order chi connectivity index (χ0) is 13.5. The SMILES string of the molecule is CNC1(C)CCN(c2nc3ccc(F)cn3n2)CC1. The molecule has 0 amide bonds. The number of anilines is 1. The van der Waals surface area contributed by atoms with Crippen molar-refractivity contribution >= 4 is 11.6 Å². The molecule has 0 saturated carbocycles. The van der Waals surface area contributed by atoms with E-state index in [0.29, 0.717) is 11.6 Å². The minimum atomic E-state index is -0.301. The molecule has 2 aromatic rings.